The van der Waals surface area contributed by atoms with Crippen LogP contribution in [-0.2, 0) is 10.0 Å². The second kappa shape index (κ2) is 6.98. The van der Waals surface area contributed by atoms with Gasteiger partial charge in [0.25, 0.3) is 0 Å². The molecule has 0 saturated heterocycles. The predicted molar refractivity (Wildman–Crippen MR) is 88.7 cm³/mol. The molecule has 0 amide bonds. The molecule has 0 aromatic heterocycles. The Balaban J connectivity index is 2.08. The maximum Gasteiger partial charge on any atom is 0.240 e. The topological polar surface area (TPSA) is 69.6 Å². The van der Waals surface area contributed by atoms with Gasteiger partial charge in [0, 0.05) is 26.3 Å². The first-order valence-electron chi connectivity index (χ1n) is 7.75. The van der Waals surface area contributed by atoms with E-state index in [1.54, 1.807) is 12.1 Å². The van der Waals surface area contributed by atoms with Gasteiger partial charge in [0.15, 0.2) is 0 Å². The Bertz CT molecular complexity index is 614. The van der Waals surface area contributed by atoms with Crippen molar-refractivity contribution in [1.29, 1.82) is 0 Å². The number of aryl methyl sites for hydroxylation is 1. The van der Waals surface area contributed by atoms with Gasteiger partial charge in [-0.15, -0.1) is 0 Å². The van der Waals surface area contributed by atoms with Gasteiger partial charge in [-0.05, 0) is 49.8 Å². The molecule has 1 aliphatic carbocycles. The number of hydrogen-bond acceptors (Lipinski definition) is 4. The lowest BCUT2D eigenvalue weighted by Crippen LogP contribution is -2.33. The van der Waals surface area contributed by atoms with E-state index in [1.807, 2.05) is 32.0 Å². The average Bonchev–Trinajstić information content (AvgIpc) is 2.45. The molecule has 0 aliphatic heterocycles. The Morgan fingerprint density at radius 1 is 1.32 bits per heavy atom. The highest BCUT2D eigenvalue weighted by Crippen LogP contribution is 2.25. The van der Waals surface area contributed by atoms with E-state index in [0.29, 0.717) is 13.0 Å². The van der Waals surface area contributed by atoms with Crippen molar-refractivity contribution < 1.29 is 13.5 Å². The summed E-state index contributed by atoms with van der Waals surface area (Å²) in [6, 6.07) is 5.17. The fourth-order valence-electron chi connectivity index (χ4n) is 3.00. The molecule has 22 heavy (non-hydrogen) atoms. The van der Waals surface area contributed by atoms with E-state index >= 15 is 0 Å². The SMILES string of the molecule is Cc1ccc(S(=O)(=O)NCC2CCCC(O)C2)cc1N(C)C. The van der Waals surface area contributed by atoms with Gasteiger partial charge in [-0.1, -0.05) is 12.5 Å². The Morgan fingerprint density at radius 2 is 2.05 bits per heavy atom. The van der Waals surface area contributed by atoms with Crippen molar-refractivity contribution in [3.8, 4) is 0 Å². The number of nitrogens with one attached hydrogen (secondary N) is 1. The number of sulfonamides is 1. The lowest BCUT2D eigenvalue weighted by molar-refractivity contribution is 0.102. The summed E-state index contributed by atoms with van der Waals surface area (Å²) in [5.41, 5.74) is 1.94. The van der Waals surface area contributed by atoms with Crippen molar-refractivity contribution in [2.45, 2.75) is 43.6 Å². The van der Waals surface area contributed by atoms with Crippen LogP contribution in [0.3, 0.4) is 0 Å². The average molecular weight is 326 g/mol. The lowest BCUT2D eigenvalue weighted by Gasteiger charge is -2.26. The van der Waals surface area contributed by atoms with Gasteiger partial charge < -0.3 is 10.0 Å². The zero-order valence-corrected chi connectivity index (χ0v) is 14.4. The fourth-order valence-corrected chi connectivity index (χ4v) is 4.13. The second-order valence-corrected chi connectivity index (χ2v) is 8.15. The van der Waals surface area contributed by atoms with Crippen molar-refractivity contribution >= 4 is 15.7 Å². The monoisotopic (exact) mass is 326 g/mol. The molecule has 2 unspecified atom stereocenters. The normalized spacial score (nSPS) is 22.5. The van der Waals surface area contributed by atoms with E-state index < -0.39 is 10.0 Å². The zero-order chi connectivity index (χ0) is 16.3. The van der Waals surface area contributed by atoms with Gasteiger partial charge in [-0.2, -0.15) is 0 Å². The summed E-state index contributed by atoms with van der Waals surface area (Å²) in [5, 5.41) is 9.67. The molecule has 0 bridgehead atoms. The fraction of sp³-hybridized carbons (Fsp3) is 0.625. The van der Waals surface area contributed by atoms with Gasteiger partial charge in [0.1, 0.15) is 0 Å². The van der Waals surface area contributed by atoms with Crippen molar-refractivity contribution in [3.63, 3.8) is 0 Å². The van der Waals surface area contributed by atoms with Crippen molar-refractivity contribution in [1.82, 2.24) is 4.72 Å². The van der Waals surface area contributed by atoms with Crippen LogP contribution in [0.5, 0.6) is 0 Å². The smallest absolute Gasteiger partial charge is 0.240 e. The number of anilines is 1. The van der Waals surface area contributed by atoms with Gasteiger partial charge >= 0.3 is 0 Å². The number of aliphatic hydroxyl groups excluding tert-OH is 1. The third-order valence-corrected chi connectivity index (χ3v) is 5.71. The molecule has 124 valence electrons. The molecule has 2 atom stereocenters. The molecule has 2 N–H and O–H groups in total. The van der Waals surface area contributed by atoms with E-state index in [4.69, 9.17) is 0 Å². The van der Waals surface area contributed by atoms with Gasteiger partial charge in [0.2, 0.25) is 10.0 Å². The van der Waals surface area contributed by atoms with Crippen LogP contribution in [0.4, 0.5) is 5.69 Å². The quantitative estimate of drug-likeness (QED) is 0.867. The van der Waals surface area contributed by atoms with E-state index in [-0.39, 0.29) is 16.9 Å². The molecule has 5 nitrogen and oxygen atoms in total. The van der Waals surface area contributed by atoms with Gasteiger partial charge in [-0.25, -0.2) is 13.1 Å². The molecular weight excluding hydrogens is 300 g/mol. The second-order valence-electron chi connectivity index (χ2n) is 6.38. The number of aliphatic hydroxyl groups is 1. The Labute approximate surface area is 133 Å². The van der Waals surface area contributed by atoms with Crippen LogP contribution < -0.4 is 9.62 Å². The van der Waals surface area contributed by atoms with Crippen LogP contribution in [0.1, 0.15) is 31.2 Å². The molecule has 0 spiro atoms. The van der Waals surface area contributed by atoms with Gasteiger partial charge in [-0.3, -0.25) is 0 Å². The molecule has 1 saturated carbocycles. The summed E-state index contributed by atoms with van der Waals surface area (Å²) >= 11 is 0. The summed E-state index contributed by atoms with van der Waals surface area (Å²) in [7, 11) is 0.289. The van der Waals surface area contributed by atoms with Crippen LogP contribution in [0.15, 0.2) is 23.1 Å². The minimum absolute atomic E-state index is 0.220. The Morgan fingerprint density at radius 3 is 2.68 bits per heavy atom. The Kier molecular flexibility index (Phi) is 5.47. The first-order chi connectivity index (χ1) is 10.3. The van der Waals surface area contributed by atoms with E-state index in [0.717, 1.165) is 30.5 Å². The van der Waals surface area contributed by atoms with Crippen LogP contribution in [0.2, 0.25) is 0 Å². The van der Waals surface area contributed by atoms with Crippen LogP contribution in [0, 0.1) is 12.8 Å². The predicted octanol–water partition coefficient (Wildman–Crippen LogP) is 1.89. The summed E-state index contributed by atoms with van der Waals surface area (Å²) in [6.07, 6.45) is 3.15. The number of hydrogen-bond donors (Lipinski definition) is 2. The lowest BCUT2D eigenvalue weighted by atomic mass is 9.87. The largest absolute Gasteiger partial charge is 0.393 e. The standard InChI is InChI=1S/C16H26N2O3S/c1-12-7-8-15(10-16(12)18(2)3)22(20,21)17-11-13-5-4-6-14(19)9-13/h7-8,10,13-14,17,19H,4-6,9,11H2,1-3H3. The third kappa shape index (κ3) is 4.21. The highest BCUT2D eigenvalue weighted by atomic mass is 32.2. The van der Waals surface area contributed by atoms with Crippen molar-refractivity contribution in [2.75, 3.05) is 25.5 Å². The molecular formula is C16H26N2O3S. The Hall–Kier alpha value is -1.11. The summed E-state index contributed by atoms with van der Waals surface area (Å²) in [6.45, 7) is 2.35. The van der Waals surface area contributed by atoms with E-state index in [2.05, 4.69) is 4.72 Å². The first kappa shape index (κ1) is 17.2. The van der Waals surface area contributed by atoms with Crippen LogP contribution >= 0.6 is 0 Å². The highest BCUT2D eigenvalue weighted by molar-refractivity contribution is 7.89. The summed E-state index contributed by atoms with van der Waals surface area (Å²) < 4.78 is 27.6. The van der Waals surface area contributed by atoms with E-state index in [9.17, 15) is 13.5 Å². The molecule has 0 heterocycles. The van der Waals surface area contributed by atoms with Crippen molar-refractivity contribution in [2.24, 2.45) is 5.92 Å². The zero-order valence-electron chi connectivity index (χ0n) is 13.5. The van der Waals surface area contributed by atoms with Gasteiger partial charge in [0.05, 0.1) is 11.0 Å². The molecule has 0 radical (unpaired) electrons. The highest BCUT2D eigenvalue weighted by Gasteiger charge is 2.23. The molecule has 6 heteroatoms. The number of nitrogens with zero attached hydrogens (tertiary/aromatic N) is 1. The van der Waals surface area contributed by atoms with Crippen molar-refractivity contribution in [3.05, 3.63) is 23.8 Å². The van der Waals surface area contributed by atoms with Crippen LogP contribution in [-0.4, -0.2) is 40.3 Å². The van der Waals surface area contributed by atoms with Crippen LogP contribution in [0.25, 0.3) is 0 Å². The first-order valence-corrected chi connectivity index (χ1v) is 9.23. The molecule has 1 fully saturated rings. The molecule has 1 aliphatic rings. The molecule has 1 aromatic carbocycles. The molecule has 2 rings (SSSR count). The maximum absolute atomic E-state index is 12.5. The maximum atomic E-state index is 12.5. The minimum atomic E-state index is -3.51. The third-order valence-electron chi connectivity index (χ3n) is 4.29. The number of benzene rings is 1. The minimum Gasteiger partial charge on any atom is -0.393 e. The summed E-state index contributed by atoms with van der Waals surface area (Å²) in [5.74, 6) is 0.220. The van der Waals surface area contributed by atoms with E-state index in [1.165, 1.54) is 0 Å². The summed E-state index contributed by atoms with van der Waals surface area (Å²) in [4.78, 5) is 2.20. The molecule has 1 aromatic rings. The number of rotatable bonds is 5.